The molecular weight excluding hydrogens is 310 g/mol. The second-order valence-electron chi connectivity index (χ2n) is 5.30. The summed E-state index contributed by atoms with van der Waals surface area (Å²) in [5, 5.41) is 3.63. The number of hydrogen-bond donors (Lipinski definition) is 1. The number of rotatable bonds is 6. The molecule has 2 nitrogen and oxygen atoms in total. The van der Waals surface area contributed by atoms with E-state index in [0.717, 1.165) is 19.8 Å². The van der Waals surface area contributed by atoms with Crippen LogP contribution in [0.5, 0.6) is 0 Å². The van der Waals surface area contributed by atoms with E-state index in [1.54, 1.807) is 4.88 Å². The van der Waals surface area contributed by atoms with Crippen LogP contribution in [0.25, 0.3) is 0 Å². The quantitative estimate of drug-likeness (QED) is 0.790. The molecule has 18 heavy (non-hydrogen) atoms. The van der Waals surface area contributed by atoms with Crippen molar-refractivity contribution < 1.29 is 4.74 Å². The van der Waals surface area contributed by atoms with E-state index in [0.29, 0.717) is 12.0 Å². The normalized spacial score (nSPS) is 19.2. The number of ether oxygens (including phenoxy) is 1. The molecule has 2 rings (SSSR count). The van der Waals surface area contributed by atoms with E-state index in [1.807, 2.05) is 11.3 Å². The van der Waals surface area contributed by atoms with Gasteiger partial charge in [0.15, 0.2) is 0 Å². The molecule has 4 heteroatoms. The highest BCUT2D eigenvalue weighted by Crippen LogP contribution is 2.37. The first-order valence-electron chi connectivity index (χ1n) is 6.76. The van der Waals surface area contributed by atoms with Gasteiger partial charge < -0.3 is 10.1 Å². The molecule has 0 fully saturated rings. The van der Waals surface area contributed by atoms with Crippen molar-refractivity contribution in [2.24, 2.45) is 5.92 Å². The summed E-state index contributed by atoms with van der Waals surface area (Å²) in [5.41, 5.74) is 1.50. The molecule has 1 heterocycles. The van der Waals surface area contributed by atoms with Crippen molar-refractivity contribution in [3.05, 3.63) is 20.3 Å². The maximum atomic E-state index is 5.61. The zero-order valence-corrected chi connectivity index (χ0v) is 13.6. The van der Waals surface area contributed by atoms with Crippen molar-refractivity contribution in [1.82, 2.24) is 5.32 Å². The Morgan fingerprint density at radius 1 is 1.56 bits per heavy atom. The summed E-state index contributed by atoms with van der Waals surface area (Å²) >= 11 is 5.48. The van der Waals surface area contributed by atoms with Gasteiger partial charge in [-0.25, -0.2) is 0 Å². The first-order valence-corrected chi connectivity index (χ1v) is 8.37. The Bertz CT molecular complexity index is 378. The molecule has 0 aromatic carbocycles. The van der Waals surface area contributed by atoms with E-state index < -0.39 is 0 Å². The topological polar surface area (TPSA) is 21.3 Å². The minimum atomic E-state index is 0.527. The molecule has 0 amide bonds. The maximum Gasteiger partial charge on any atom is 0.0704 e. The Morgan fingerprint density at radius 2 is 2.39 bits per heavy atom. The van der Waals surface area contributed by atoms with Crippen molar-refractivity contribution in [2.45, 2.75) is 39.2 Å². The van der Waals surface area contributed by atoms with Crippen LogP contribution < -0.4 is 5.32 Å². The van der Waals surface area contributed by atoms with E-state index in [4.69, 9.17) is 4.74 Å². The van der Waals surface area contributed by atoms with Crippen molar-refractivity contribution in [3.8, 4) is 0 Å². The fourth-order valence-electron chi connectivity index (χ4n) is 2.36. The van der Waals surface area contributed by atoms with Gasteiger partial charge in [0.1, 0.15) is 0 Å². The second kappa shape index (κ2) is 7.04. The monoisotopic (exact) mass is 331 g/mol. The lowest BCUT2D eigenvalue weighted by atomic mass is 9.94. The minimum Gasteiger partial charge on any atom is -0.380 e. The lowest BCUT2D eigenvalue weighted by Crippen LogP contribution is -2.27. The van der Waals surface area contributed by atoms with Crippen LogP contribution in [-0.4, -0.2) is 19.8 Å². The third kappa shape index (κ3) is 4.05. The third-order valence-electron chi connectivity index (χ3n) is 3.17. The number of hydrogen-bond acceptors (Lipinski definition) is 3. The highest BCUT2D eigenvalue weighted by Gasteiger charge is 2.21. The van der Waals surface area contributed by atoms with Gasteiger partial charge in [-0.1, -0.05) is 13.8 Å². The minimum absolute atomic E-state index is 0.527. The number of aryl methyl sites for hydroxylation is 1. The first kappa shape index (κ1) is 14.5. The van der Waals surface area contributed by atoms with E-state index in [2.05, 4.69) is 41.2 Å². The van der Waals surface area contributed by atoms with Gasteiger partial charge >= 0.3 is 0 Å². The fourth-order valence-corrected chi connectivity index (χ4v) is 4.18. The molecular formula is C14H22BrNOS. The summed E-state index contributed by atoms with van der Waals surface area (Å²) in [4.78, 5) is 1.55. The molecule has 0 bridgehead atoms. The van der Waals surface area contributed by atoms with Crippen LogP contribution in [0.3, 0.4) is 0 Å². The van der Waals surface area contributed by atoms with E-state index in [9.17, 15) is 0 Å². The molecule has 102 valence electrons. The highest BCUT2D eigenvalue weighted by molar-refractivity contribution is 9.11. The number of fused-ring (bicyclic) bond motifs is 1. The Kier molecular flexibility index (Phi) is 5.67. The predicted molar refractivity (Wildman–Crippen MR) is 81.4 cm³/mol. The first-order chi connectivity index (χ1) is 8.66. The Labute approximate surface area is 122 Å². The Hall–Kier alpha value is 0.100. The predicted octanol–water partition coefficient (Wildman–Crippen LogP) is 4.15. The highest BCUT2D eigenvalue weighted by atomic mass is 79.9. The summed E-state index contributed by atoms with van der Waals surface area (Å²) in [6.07, 6.45) is 3.79. The van der Waals surface area contributed by atoms with Gasteiger partial charge in [0.05, 0.1) is 10.4 Å². The zero-order chi connectivity index (χ0) is 13.0. The number of halogens is 1. The van der Waals surface area contributed by atoms with Crippen LogP contribution in [0.2, 0.25) is 0 Å². The molecule has 1 aliphatic rings. The van der Waals surface area contributed by atoms with E-state index in [1.165, 1.54) is 28.6 Å². The summed E-state index contributed by atoms with van der Waals surface area (Å²) in [6.45, 7) is 6.99. The van der Waals surface area contributed by atoms with Gasteiger partial charge in [-0.15, -0.1) is 11.3 Å². The summed E-state index contributed by atoms with van der Waals surface area (Å²) in [7, 11) is 0. The molecule has 0 aliphatic heterocycles. The standard InChI is InChI=1S/C14H22BrNOS/c1-10(2)9-17-7-6-16-12-4-3-5-13-11(12)8-14(15)18-13/h8,10,12,16H,3-7,9H2,1-2H3. The number of thiophene rings is 1. The lowest BCUT2D eigenvalue weighted by Gasteiger charge is -2.23. The molecule has 0 saturated heterocycles. The molecule has 0 radical (unpaired) electrons. The van der Waals surface area contributed by atoms with Gasteiger partial charge in [-0.2, -0.15) is 0 Å². The van der Waals surface area contributed by atoms with Crippen molar-refractivity contribution in [2.75, 3.05) is 19.8 Å². The SMILES string of the molecule is CC(C)COCCNC1CCCc2sc(Br)cc21. The van der Waals surface area contributed by atoms with Crippen LogP contribution >= 0.6 is 27.3 Å². The smallest absolute Gasteiger partial charge is 0.0704 e. The molecule has 1 atom stereocenters. The van der Waals surface area contributed by atoms with Gasteiger partial charge in [0, 0.05) is 24.1 Å². The lowest BCUT2D eigenvalue weighted by molar-refractivity contribution is 0.109. The number of nitrogens with one attached hydrogen (secondary N) is 1. The average molecular weight is 332 g/mol. The third-order valence-corrected chi connectivity index (χ3v) is 4.89. The van der Waals surface area contributed by atoms with Crippen LogP contribution in [0.1, 0.15) is 43.2 Å². The van der Waals surface area contributed by atoms with Crippen LogP contribution in [-0.2, 0) is 11.2 Å². The molecule has 1 aromatic heterocycles. The van der Waals surface area contributed by atoms with E-state index in [-0.39, 0.29) is 0 Å². The molecule has 0 saturated carbocycles. The van der Waals surface area contributed by atoms with Gasteiger partial charge in [-0.3, -0.25) is 0 Å². The van der Waals surface area contributed by atoms with Crippen LogP contribution in [0, 0.1) is 5.92 Å². The van der Waals surface area contributed by atoms with Crippen LogP contribution in [0.4, 0.5) is 0 Å². The second-order valence-corrected chi connectivity index (χ2v) is 7.81. The van der Waals surface area contributed by atoms with E-state index >= 15 is 0 Å². The average Bonchev–Trinajstić information content (AvgIpc) is 2.69. The maximum absolute atomic E-state index is 5.61. The molecule has 1 aromatic rings. The van der Waals surface area contributed by atoms with Crippen molar-refractivity contribution in [1.29, 1.82) is 0 Å². The summed E-state index contributed by atoms with van der Waals surface area (Å²) in [5.74, 6) is 0.624. The Balaban J connectivity index is 1.77. The molecule has 0 spiro atoms. The molecule has 1 aliphatic carbocycles. The van der Waals surface area contributed by atoms with Crippen molar-refractivity contribution >= 4 is 27.3 Å². The zero-order valence-electron chi connectivity index (χ0n) is 11.2. The largest absolute Gasteiger partial charge is 0.380 e. The van der Waals surface area contributed by atoms with Crippen LogP contribution in [0.15, 0.2) is 9.85 Å². The van der Waals surface area contributed by atoms with Gasteiger partial charge in [-0.05, 0) is 52.7 Å². The van der Waals surface area contributed by atoms with Gasteiger partial charge in [0.25, 0.3) is 0 Å². The molecule has 1 N–H and O–H groups in total. The summed E-state index contributed by atoms with van der Waals surface area (Å²) in [6, 6.07) is 2.81. The Morgan fingerprint density at radius 3 is 3.17 bits per heavy atom. The van der Waals surface area contributed by atoms with Crippen molar-refractivity contribution in [3.63, 3.8) is 0 Å². The summed E-state index contributed by atoms with van der Waals surface area (Å²) < 4.78 is 6.87. The molecule has 1 unspecified atom stereocenters. The van der Waals surface area contributed by atoms with Gasteiger partial charge in [0.2, 0.25) is 0 Å². The fraction of sp³-hybridized carbons (Fsp3) is 0.714.